The molecule has 2 amide bonds. The summed E-state index contributed by atoms with van der Waals surface area (Å²) in [7, 11) is 0. The van der Waals surface area contributed by atoms with Crippen LogP contribution in [0.4, 0.5) is 29.5 Å². The number of piperidine rings is 1. The van der Waals surface area contributed by atoms with Gasteiger partial charge in [0, 0.05) is 25.0 Å². The van der Waals surface area contributed by atoms with Crippen LogP contribution in [0.2, 0.25) is 0 Å². The third-order valence-corrected chi connectivity index (χ3v) is 4.12. The Morgan fingerprint density at radius 3 is 2.50 bits per heavy atom. The van der Waals surface area contributed by atoms with Crippen LogP contribution in [-0.4, -0.2) is 35.5 Å². The fourth-order valence-electron chi connectivity index (χ4n) is 2.85. The van der Waals surface area contributed by atoms with Gasteiger partial charge in [-0.2, -0.15) is 0 Å². The molecule has 1 aliphatic heterocycles. The number of nitrogens with zero attached hydrogens (tertiary/aromatic N) is 3. The Labute approximate surface area is 159 Å². The third kappa shape index (κ3) is 6.00. The molecule has 28 heavy (non-hydrogen) atoms. The Morgan fingerprint density at radius 1 is 1.11 bits per heavy atom. The summed E-state index contributed by atoms with van der Waals surface area (Å²) >= 11 is 0. The smallest absolute Gasteiger partial charge is 0.406 e. The van der Waals surface area contributed by atoms with E-state index in [2.05, 4.69) is 30.2 Å². The van der Waals surface area contributed by atoms with Gasteiger partial charge in [0.15, 0.2) is 0 Å². The summed E-state index contributed by atoms with van der Waals surface area (Å²) in [5, 5.41) is 5.15. The van der Waals surface area contributed by atoms with Crippen molar-refractivity contribution in [2.45, 2.75) is 32.2 Å². The highest BCUT2D eigenvalue weighted by Gasteiger charge is 2.30. The second-order valence-corrected chi connectivity index (χ2v) is 6.26. The minimum atomic E-state index is -4.75. The molecule has 1 fully saturated rings. The Morgan fingerprint density at radius 2 is 1.82 bits per heavy atom. The summed E-state index contributed by atoms with van der Waals surface area (Å²) in [6.07, 6.45) is 0.388. The molecule has 3 rings (SSSR count). The predicted octanol–water partition coefficient (Wildman–Crippen LogP) is 3.69. The van der Waals surface area contributed by atoms with Gasteiger partial charge in [0.2, 0.25) is 0 Å². The van der Waals surface area contributed by atoms with Crippen LogP contribution >= 0.6 is 0 Å². The second kappa shape index (κ2) is 8.77. The number of amides is 2. The van der Waals surface area contributed by atoms with Gasteiger partial charge >= 0.3 is 12.4 Å². The van der Waals surface area contributed by atoms with E-state index in [1.54, 1.807) is 6.20 Å². The molecule has 0 atom stereocenters. The van der Waals surface area contributed by atoms with E-state index < -0.39 is 12.4 Å². The van der Waals surface area contributed by atoms with Crippen molar-refractivity contribution >= 4 is 17.5 Å². The molecule has 0 bridgehead atoms. The first-order chi connectivity index (χ1) is 13.4. The molecule has 0 spiro atoms. The molecule has 0 saturated carbocycles. The number of aromatic nitrogens is 2. The first-order valence-electron chi connectivity index (χ1n) is 8.86. The predicted molar refractivity (Wildman–Crippen MR) is 97.1 cm³/mol. The molecule has 150 valence electrons. The number of carbonyl (C=O) groups excluding carboxylic acids is 1. The number of nitrogens with one attached hydrogen (secondary N) is 2. The summed E-state index contributed by atoms with van der Waals surface area (Å²) in [6, 6.07) is 6.20. The van der Waals surface area contributed by atoms with Crippen LogP contribution in [-0.2, 0) is 6.54 Å². The van der Waals surface area contributed by atoms with Gasteiger partial charge in [0.25, 0.3) is 0 Å². The topological polar surface area (TPSA) is 79.4 Å². The number of hydrogen-bond donors (Lipinski definition) is 2. The molecule has 2 heterocycles. The lowest BCUT2D eigenvalue weighted by atomic mass is 10.1. The Kier molecular flexibility index (Phi) is 6.17. The van der Waals surface area contributed by atoms with Crippen LogP contribution < -0.4 is 20.3 Å². The van der Waals surface area contributed by atoms with Crippen LogP contribution in [0, 0.1) is 0 Å². The molecular formula is C18H20F3N5O2. The molecule has 1 aromatic heterocycles. The van der Waals surface area contributed by atoms with Crippen LogP contribution in [0.25, 0.3) is 0 Å². The van der Waals surface area contributed by atoms with Crippen molar-refractivity contribution in [3.05, 3.63) is 42.4 Å². The fourth-order valence-corrected chi connectivity index (χ4v) is 2.85. The highest BCUT2D eigenvalue weighted by atomic mass is 19.4. The molecule has 7 nitrogen and oxygen atoms in total. The number of urea groups is 1. The van der Waals surface area contributed by atoms with E-state index >= 15 is 0 Å². The van der Waals surface area contributed by atoms with Gasteiger partial charge in [0.05, 0.1) is 6.54 Å². The number of anilines is 2. The van der Waals surface area contributed by atoms with Crippen molar-refractivity contribution < 1.29 is 22.7 Å². The Balaban J connectivity index is 1.50. The first-order valence-corrected chi connectivity index (χ1v) is 8.86. The van der Waals surface area contributed by atoms with Crippen LogP contribution in [0.15, 0.2) is 36.5 Å². The molecule has 0 aliphatic carbocycles. The molecule has 0 radical (unpaired) electrons. The average Bonchev–Trinajstić information content (AvgIpc) is 2.68. The maximum absolute atomic E-state index is 12.1. The van der Waals surface area contributed by atoms with Crippen LogP contribution in [0.5, 0.6) is 5.75 Å². The van der Waals surface area contributed by atoms with Crippen molar-refractivity contribution in [3.63, 3.8) is 0 Å². The summed E-state index contributed by atoms with van der Waals surface area (Å²) in [6.45, 7) is 2.04. The third-order valence-electron chi connectivity index (χ3n) is 4.12. The molecule has 2 aromatic rings. The molecule has 1 saturated heterocycles. The summed E-state index contributed by atoms with van der Waals surface area (Å²) < 4.78 is 40.2. The Bertz CT molecular complexity index is 793. The molecule has 1 aromatic carbocycles. The highest BCUT2D eigenvalue weighted by molar-refractivity contribution is 5.89. The van der Waals surface area contributed by atoms with Gasteiger partial charge in [-0.1, -0.05) is 0 Å². The van der Waals surface area contributed by atoms with Crippen molar-refractivity contribution in [1.82, 2.24) is 15.3 Å². The summed E-state index contributed by atoms with van der Waals surface area (Å²) in [5.74, 6) is 0.959. The number of benzene rings is 1. The van der Waals surface area contributed by atoms with Gasteiger partial charge in [-0.05, 0) is 49.6 Å². The second-order valence-electron chi connectivity index (χ2n) is 6.26. The van der Waals surface area contributed by atoms with Crippen LogP contribution in [0.1, 0.15) is 25.1 Å². The maximum Gasteiger partial charge on any atom is 0.573 e. The Hall–Kier alpha value is -3.04. The van der Waals surface area contributed by atoms with Gasteiger partial charge in [-0.25, -0.2) is 14.8 Å². The van der Waals surface area contributed by atoms with Crippen molar-refractivity contribution in [1.29, 1.82) is 0 Å². The molecule has 0 unspecified atom stereocenters. The number of halogens is 3. The van der Waals surface area contributed by atoms with E-state index in [1.807, 2.05) is 6.07 Å². The van der Waals surface area contributed by atoms with E-state index in [-0.39, 0.29) is 12.3 Å². The first kappa shape index (κ1) is 19.7. The number of carbonyl (C=O) groups is 1. The molecule has 1 aliphatic rings. The minimum absolute atomic E-state index is 0.128. The van der Waals surface area contributed by atoms with E-state index in [4.69, 9.17) is 0 Å². The summed E-state index contributed by atoms with van der Waals surface area (Å²) in [4.78, 5) is 22.8. The van der Waals surface area contributed by atoms with Crippen molar-refractivity contribution in [2.75, 3.05) is 23.3 Å². The normalized spacial score (nSPS) is 14.5. The SMILES string of the molecule is O=C(NCc1nccc(N2CCCCC2)n1)Nc1ccc(OC(F)(F)F)cc1. The monoisotopic (exact) mass is 395 g/mol. The number of hydrogen-bond acceptors (Lipinski definition) is 5. The average molecular weight is 395 g/mol. The zero-order valence-corrected chi connectivity index (χ0v) is 15.0. The highest BCUT2D eigenvalue weighted by Crippen LogP contribution is 2.24. The molecule has 2 N–H and O–H groups in total. The quantitative estimate of drug-likeness (QED) is 0.807. The van der Waals surface area contributed by atoms with Gasteiger partial charge < -0.3 is 20.3 Å². The number of alkyl halides is 3. The minimum Gasteiger partial charge on any atom is -0.406 e. The lowest BCUT2D eigenvalue weighted by Crippen LogP contribution is -2.31. The van der Waals surface area contributed by atoms with Gasteiger partial charge in [0.1, 0.15) is 17.4 Å². The largest absolute Gasteiger partial charge is 0.573 e. The van der Waals surface area contributed by atoms with Crippen LogP contribution in [0.3, 0.4) is 0 Å². The zero-order valence-electron chi connectivity index (χ0n) is 15.0. The fraction of sp³-hybridized carbons (Fsp3) is 0.389. The summed E-state index contributed by atoms with van der Waals surface area (Å²) in [5.41, 5.74) is 0.329. The standard InChI is InChI=1S/C18H20F3N5O2/c19-18(20,21)28-14-6-4-13(5-7-14)24-17(27)23-12-15-22-9-8-16(25-15)26-10-2-1-3-11-26/h4-9H,1-3,10-12H2,(H2,23,24,27). The van der Waals surface area contributed by atoms with E-state index in [0.29, 0.717) is 11.5 Å². The molecule has 10 heteroatoms. The van der Waals surface area contributed by atoms with Gasteiger partial charge in [-0.15, -0.1) is 13.2 Å². The van der Waals surface area contributed by atoms with E-state index in [9.17, 15) is 18.0 Å². The van der Waals surface area contributed by atoms with Gasteiger partial charge in [-0.3, -0.25) is 0 Å². The number of ether oxygens (including phenoxy) is 1. The van der Waals surface area contributed by atoms with E-state index in [0.717, 1.165) is 43.9 Å². The van der Waals surface area contributed by atoms with Crippen molar-refractivity contribution in [3.8, 4) is 5.75 Å². The zero-order chi connectivity index (χ0) is 20.0. The van der Waals surface area contributed by atoms with Crippen molar-refractivity contribution in [2.24, 2.45) is 0 Å². The number of rotatable bonds is 5. The molecular weight excluding hydrogens is 375 g/mol. The lowest BCUT2D eigenvalue weighted by molar-refractivity contribution is -0.274. The lowest BCUT2D eigenvalue weighted by Gasteiger charge is -2.27. The van der Waals surface area contributed by atoms with E-state index in [1.165, 1.54) is 18.6 Å². The maximum atomic E-state index is 12.1.